The number of nitrogens with two attached hydrogens (primary N) is 1. The molecule has 0 aromatic carbocycles. The molecular weight excluding hydrogens is 236 g/mol. The Morgan fingerprint density at radius 1 is 1.26 bits per heavy atom. The van der Waals surface area contributed by atoms with Crippen LogP contribution in [0.1, 0.15) is 37.7 Å². The van der Waals surface area contributed by atoms with Gasteiger partial charge in [-0.25, -0.2) is 4.98 Å². The second-order valence-electron chi connectivity index (χ2n) is 5.79. The van der Waals surface area contributed by atoms with Crippen molar-refractivity contribution in [3.63, 3.8) is 0 Å². The lowest BCUT2D eigenvalue weighted by Crippen LogP contribution is -2.42. The Hall–Kier alpha value is -1.76. The van der Waals surface area contributed by atoms with E-state index >= 15 is 0 Å². The summed E-state index contributed by atoms with van der Waals surface area (Å²) in [5.74, 6) is 2.50. The number of rotatable bonds is 1. The van der Waals surface area contributed by atoms with E-state index in [1.165, 1.54) is 32.1 Å². The summed E-state index contributed by atoms with van der Waals surface area (Å²) >= 11 is 0. The van der Waals surface area contributed by atoms with Crippen molar-refractivity contribution in [1.29, 1.82) is 5.26 Å². The third-order valence-corrected chi connectivity index (χ3v) is 4.60. The molecule has 2 fully saturated rings. The van der Waals surface area contributed by atoms with Crippen LogP contribution in [0.3, 0.4) is 0 Å². The van der Waals surface area contributed by atoms with E-state index in [-0.39, 0.29) is 0 Å². The number of nitriles is 1. The number of hydrogen-bond acceptors (Lipinski definition) is 4. The summed E-state index contributed by atoms with van der Waals surface area (Å²) in [6, 6.07) is 3.95. The van der Waals surface area contributed by atoms with E-state index in [4.69, 9.17) is 5.73 Å². The van der Waals surface area contributed by atoms with Crippen molar-refractivity contribution in [2.75, 3.05) is 23.7 Å². The molecule has 0 spiro atoms. The first-order chi connectivity index (χ1) is 9.28. The number of aromatic nitrogens is 1. The van der Waals surface area contributed by atoms with E-state index in [0.717, 1.165) is 30.7 Å². The van der Waals surface area contributed by atoms with Crippen molar-refractivity contribution in [2.45, 2.75) is 32.1 Å². The second kappa shape index (κ2) is 5.08. The maximum absolute atomic E-state index is 9.23. The topological polar surface area (TPSA) is 65.9 Å². The highest BCUT2D eigenvalue weighted by atomic mass is 15.2. The standard InChI is InChI=1S/C15H20N4/c16-8-13-7-14(17)9-18-15(13)19-6-5-11-3-1-2-4-12(11)10-19/h7,9,11-12H,1-6,10,17H2. The van der Waals surface area contributed by atoms with Crippen LogP contribution in [0, 0.1) is 23.2 Å². The molecule has 0 amide bonds. The molecule has 3 rings (SSSR count). The smallest absolute Gasteiger partial charge is 0.146 e. The molecule has 100 valence electrons. The molecule has 19 heavy (non-hydrogen) atoms. The highest BCUT2D eigenvalue weighted by Crippen LogP contribution is 2.37. The van der Waals surface area contributed by atoms with Crippen LogP contribution >= 0.6 is 0 Å². The van der Waals surface area contributed by atoms with Crippen LogP contribution in [0.15, 0.2) is 12.3 Å². The number of hydrogen-bond donors (Lipinski definition) is 1. The lowest BCUT2D eigenvalue weighted by atomic mass is 9.75. The van der Waals surface area contributed by atoms with Crippen LogP contribution in [-0.2, 0) is 0 Å². The number of nitrogens with zero attached hydrogens (tertiary/aromatic N) is 3. The van der Waals surface area contributed by atoms with Gasteiger partial charge in [-0.2, -0.15) is 5.26 Å². The van der Waals surface area contributed by atoms with E-state index in [1.54, 1.807) is 12.3 Å². The Bertz CT molecular complexity index is 505. The first-order valence-corrected chi connectivity index (χ1v) is 7.18. The molecule has 1 saturated heterocycles. The van der Waals surface area contributed by atoms with Gasteiger partial charge >= 0.3 is 0 Å². The average Bonchev–Trinajstić information content (AvgIpc) is 2.46. The molecule has 2 unspecified atom stereocenters. The van der Waals surface area contributed by atoms with Crippen LogP contribution < -0.4 is 10.6 Å². The predicted octanol–water partition coefficient (Wildman–Crippen LogP) is 2.55. The lowest BCUT2D eigenvalue weighted by molar-refractivity contribution is 0.202. The van der Waals surface area contributed by atoms with Crippen molar-refractivity contribution in [2.24, 2.45) is 11.8 Å². The molecule has 2 aliphatic rings. The minimum absolute atomic E-state index is 0.563. The lowest BCUT2D eigenvalue weighted by Gasteiger charge is -2.42. The van der Waals surface area contributed by atoms with E-state index in [1.807, 2.05) is 0 Å². The third kappa shape index (κ3) is 2.37. The molecule has 4 heteroatoms. The summed E-state index contributed by atoms with van der Waals surface area (Å²) in [5.41, 5.74) is 6.88. The fourth-order valence-corrected chi connectivity index (χ4v) is 3.60. The zero-order valence-electron chi connectivity index (χ0n) is 11.2. The zero-order chi connectivity index (χ0) is 13.2. The largest absolute Gasteiger partial charge is 0.397 e. The molecule has 1 saturated carbocycles. The Morgan fingerprint density at radius 2 is 2.05 bits per heavy atom. The third-order valence-electron chi connectivity index (χ3n) is 4.60. The Kier molecular flexibility index (Phi) is 3.29. The second-order valence-corrected chi connectivity index (χ2v) is 5.79. The minimum Gasteiger partial charge on any atom is -0.397 e. The van der Waals surface area contributed by atoms with E-state index in [0.29, 0.717) is 11.3 Å². The molecule has 1 aliphatic heterocycles. The number of anilines is 2. The SMILES string of the molecule is N#Cc1cc(N)cnc1N1CCC2CCCCC2C1. The first-order valence-electron chi connectivity index (χ1n) is 7.18. The van der Waals surface area contributed by atoms with Crippen molar-refractivity contribution in [1.82, 2.24) is 4.98 Å². The van der Waals surface area contributed by atoms with Gasteiger partial charge in [0.25, 0.3) is 0 Å². The van der Waals surface area contributed by atoms with E-state index in [9.17, 15) is 5.26 Å². The quantitative estimate of drug-likeness (QED) is 0.838. The molecule has 1 aromatic rings. The van der Waals surface area contributed by atoms with Crippen LogP contribution in [0.2, 0.25) is 0 Å². The molecule has 2 atom stereocenters. The maximum atomic E-state index is 9.23. The van der Waals surface area contributed by atoms with Crippen molar-refractivity contribution in [3.05, 3.63) is 17.8 Å². The van der Waals surface area contributed by atoms with Crippen LogP contribution in [0.25, 0.3) is 0 Å². The molecule has 2 heterocycles. The van der Waals surface area contributed by atoms with Gasteiger partial charge in [0.15, 0.2) is 0 Å². The highest BCUT2D eigenvalue weighted by Gasteiger charge is 2.32. The van der Waals surface area contributed by atoms with Crippen molar-refractivity contribution in [3.8, 4) is 6.07 Å². The summed E-state index contributed by atoms with van der Waals surface area (Å²) in [6.45, 7) is 2.07. The van der Waals surface area contributed by atoms with Gasteiger partial charge in [0.05, 0.1) is 17.4 Å². The number of pyridine rings is 1. The predicted molar refractivity (Wildman–Crippen MR) is 75.6 cm³/mol. The summed E-state index contributed by atoms with van der Waals surface area (Å²) in [4.78, 5) is 6.67. The van der Waals surface area contributed by atoms with Gasteiger partial charge < -0.3 is 10.6 Å². The summed E-state index contributed by atoms with van der Waals surface area (Å²) < 4.78 is 0. The molecule has 4 nitrogen and oxygen atoms in total. The van der Waals surface area contributed by atoms with Crippen LogP contribution in [0.5, 0.6) is 0 Å². The van der Waals surface area contributed by atoms with E-state index in [2.05, 4.69) is 16.0 Å². The molecule has 1 aliphatic carbocycles. The van der Waals surface area contributed by atoms with Gasteiger partial charge in [0.2, 0.25) is 0 Å². The summed E-state index contributed by atoms with van der Waals surface area (Å²) in [6.07, 6.45) is 8.36. The minimum atomic E-state index is 0.563. The van der Waals surface area contributed by atoms with Crippen molar-refractivity contribution < 1.29 is 0 Å². The summed E-state index contributed by atoms with van der Waals surface area (Å²) in [7, 11) is 0. The molecule has 1 aromatic heterocycles. The van der Waals surface area contributed by atoms with Crippen LogP contribution in [-0.4, -0.2) is 18.1 Å². The molecule has 0 radical (unpaired) electrons. The van der Waals surface area contributed by atoms with Gasteiger partial charge in [-0.1, -0.05) is 19.3 Å². The Balaban J connectivity index is 1.81. The van der Waals surface area contributed by atoms with Gasteiger partial charge in [-0.15, -0.1) is 0 Å². The number of fused-ring (bicyclic) bond motifs is 1. The molecule has 2 N–H and O–H groups in total. The monoisotopic (exact) mass is 256 g/mol. The fraction of sp³-hybridized carbons (Fsp3) is 0.600. The number of nitrogen functional groups attached to an aromatic ring is 1. The Morgan fingerprint density at radius 3 is 2.84 bits per heavy atom. The van der Waals surface area contributed by atoms with Gasteiger partial charge in [0, 0.05) is 13.1 Å². The molecule has 0 bridgehead atoms. The number of piperidine rings is 1. The zero-order valence-corrected chi connectivity index (χ0v) is 11.2. The normalized spacial score (nSPS) is 26.6. The van der Waals surface area contributed by atoms with Crippen molar-refractivity contribution >= 4 is 11.5 Å². The van der Waals surface area contributed by atoms with Gasteiger partial charge in [-0.05, 0) is 30.7 Å². The molecular formula is C15H20N4. The van der Waals surface area contributed by atoms with Gasteiger partial charge in [0.1, 0.15) is 11.9 Å². The highest BCUT2D eigenvalue weighted by molar-refractivity contribution is 5.59. The Labute approximate surface area is 114 Å². The van der Waals surface area contributed by atoms with Crippen LogP contribution in [0.4, 0.5) is 11.5 Å². The fourth-order valence-electron chi connectivity index (χ4n) is 3.60. The van der Waals surface area contributed by atoms with E-state index < -0.39 is 0 Å². The maximum Gasteiger partial charge on any atom is 0.146 e. The average molecular weight is 256 g/mol. The van der Waals surface area contributed by atoms with Gasteiger partial charge in [-0.3, -0.25) is 0 Å². The summed E-state index contributed by atoms with van der Waals surface area (Å²) in [5, 5.41) is 9.23. The first kappa shape index (κ1) is 12.3.